The molecule has 146 valence electrons. The average Bonchev–Trinajstić information content (AvgIpc) is 2.59. The van der Waals surface area contributed by atoms with Crippen LogP contribution < -0.4 is 15.0 Å². The zero-order chi connectivity index (χ0) is 19.6. The van der Waals surface area contributed by atoms with E-state index in [-0.39, 0.29) is 11.7 Å². The van der Waals surface area contributed by atoms with Crippen LogP contribution in [-0.2, 0) is 13.0 Å². The zero-order valence-corrected chi connectivity index (χ0v) is 15.6. The van der Waals surface area contributed by atoms with Crippen molar-refractivity contribution in [1.82, 2.24) is 9.97 Å². The third-order valence-electron chi connectivity index (χ3n) is 4.35. The Bertz CT molecular complexity index is 808. The van der Waals surface area contributed by atoms with Crippen molar-refractivity contribution in [3.63, 3.8) is 0 Å². The van der Waals surface area contributed by atoms with Crippen LogP contribution in [0.25, 0.3) is 0 Å². The topological polar surface area (TPSA) is 50.3 Å². The standard InChI is InChI=1S/C19H23F3N4O/c1-4-23-16-10-17(25-18(24-16)12(2)3)26-8-7-13-5-6-15(9-14(13)11-26)27-19(20,21)22/h5-6,9-10,12H,4,7-8,11H2,1-3H3,(H,23,24,25). The Hall–Kier alpha value is -2.51. The van der Waals surface area contributed by atoms with E-state index < -0.39 is 6.36 Å². The molecule has 1 aromatic carbocycles. The molecule has 0 unspecified atom stereocenters. The van der Waals surface area contributed by atoms with Crippen molar-refractivity contribution in [3.05, 3.63) is 41.2 Å². The lowest BCUT2D eigenvalue weighted by Gasteiger charge is -2.30. The van der Waals surface area contributed by atoms with E-state index in [2.05, 4.69) is 24.9 Å². The van der Waals surface area contributed by atoms with E-state index in [1.807, 2.05) is 26.8 Å². The van der Waals surface area contributed by atoms with Crippen LogP contribution in [0.4, 0.5) is 24.8 Å². The highest BCUT2D eigenvalue weighted by molar-refractivity contribution is 5.52. The van der Waals surface area contributed by atoms with Gasteiger partial charge in [-0.3, -0.25) is 0 Å². The lowest BCUT2D eigenvalue weighted by molar-refractivity contribution is -0.274. The Balaban J connectivity index is 1.87. The summed E-state index contributed by atoms with van der Waals surface area (Å²) in [5.41, 5.74) is 1.85. The lowest BCUT2D eigenvalue weighted by Crippen LogP contribution is -2.31. The second-order valence-corrected chi connectivity index (χ2v) is 6.80. The van der Waals surface area contributed by atoms with Gasteiger partial charge in [0.1, 0.15) is 23.2 Å². The molecule has 0 saturated carbocycles. The molecule has 2 aromatic rings. The Morgan fingerprint density at radius 3 is 2.63 bits per heavy atom. The number of aromatic nitrogens is 2. The quantitative estimate of drug-likeness (QED) is 0.828. The number of rotatable bonds is 5. The van der Waals surface area contributed by atoms with Crippen LogP contribution in [0.3, 0.4) is 0 Å². The minimum Gasteiger partial charge on any atom is -0.406 e. The summed E-state index contributed by atoms with van der Waals surface area (Å²) < 4.78 is 41.5. The minimum absolute atomic E-state index is 0.172. The first-order chi connectivity index (χ1) is 12.7. The van der Waals surface area contributed by atoms with Crippen molar-refractivity contribution in [2.24, 2.45) is 0 Å². The van der Waals surface area contributed by atoms with Gasteiger partial charge in [0.25, 0.3) is 0 Å². The number of benzene rings is 1. The van der Waals surface area contributed by atoms with Crippen LogP contribution in [0.2, 0.25) is 0 Å². The van der Waals surface area contributed by atoms with Crippen molar-refractivity contribution in [1.29, 1.82) is 0 Å². The zero-order valence-electron chi connectivity index (χ0n) is 15.6. The smallest absolute Gasteiger partial charge is 0.406 e. The number of nitrogens with one attached hydrogen (secondary N) is 1. The maximum Gasteiger partial charge on any atom is 0.573 e. The highest BCUT2D eigenvalue weighted by Gasteiger charge is 2.31. The normalized spacial score (nSPS) is 14.3. The molecular weight excluding hydrogens is 357 g/mol. The summed E-state index contributed by atoms with van der Waals surface area (Å²) in [6.45, 7) is 8.02. The second kappa shape index (κ2) is 7.62. The van der Waals surface area contributed by atoms with E-state index in [1.54, 1.807) is 6.07 Å². The average molecular weight is 380 g/mol. The molecule has 1 aromatic heterocycles. The molecule has 0 aliphatic carbocycles. The van der Waals surface area contributed by atoms with E-state index in [4.69, 9.17) is 0 Å². The molecule has 2 heterocycles. The number of hydrogen-bond donors (Lipinski definition) is 1. The molecule has 0 amide bonds. The summed E-state index contributed by atoms with van der Waals surface area (Å²) in [4.78, 5) is 11.2. The number of ether oxygens (including phenoxy) is 1. The van der Waals surface area contributed by atoms with Crippen LogP contribution in [0.1, 0.15) is 43.6 Å². The first-order valence-corrected chi connectivity index (χ1v) is 9.00. The molecule has 27 heavy (non-hydrogen) atoms. The molecule has 0 atom stereocenters. The van der Waals surface area contributed by atoms with E-state index in [9.17, 15) is 13.2 Å². The maximum absolute atomic E-state index is 12.5. The molecule has 8 heteroatoms. The van der Waals surface area contributed by atoms with Gasteiger partial charge in [-0.15, -0.1) is 13.2 Å². The Morgan fingerprint density at radius 2 is 1.96 bits per heavy atom. The van der Waals surface area contributed by atoms with Crippen molar-refractivity contribution in [3.8, 4) is 5.75 Å². The van der Waals surface area contributed by atoms with Crippen molar-refractivity contribution < 1.29 is 17.9 Å². The summed E-state index contributed by atoms with van der Waals surface area (Å²) >= 11 is 0. The molecule has 0 spiro atoms. The highest BCUT2D eigenvalue weighted by atomic mass is 19.4. The highest BCUT2D eigenvalue weighted by Crippen LogP contribution is 2.30. The van der Waals surface area contributed by atoms with Gasteiger partial charge in [-0.05, 0) is 36.6 Å². The first-order valence-electron chi connectivity index (χ1n) is 9.00. The van der Waals surface area contributed by atoms with Gasteiger partial charge >= 0.3 is 6.36 Å². The Labute approximate surface area is 156 Å². The van der Waals surface area contributed by atoms with Gasteiger partial charge < -0.3 is 15.0 Å². The fourth-order valence-corrected chi connectivity index (χ4v) is 3.07. The van der Waals surface area contributed by atoms with Crippen LogP contribution in [0.5, 0.6) is 5.75 Å². The van der Waals surface area contributed by atoms with E-state index in [0.717, 1.165) is 48.1 Å². The van der Waals surface area contributed by atoms with Gasteiger partial charge in [-0.1, -0.05) is 19.9 Å². The van der Waals surface area contributed by atoms with E-state index in [1.165, 1.54) is 12.1 Å². The van der Waals surface area contributed by atoms with Gasteiger partial charge in [-0.25, -0.2) is 9.97 Å². The predicted molar refractivity (Wildman–Crippen MR) is 98.2 cm³/mol. The number of fused-ring (bicyclic) bond motifs is 1. The monoisotopic (exact) mass is 380 g/mol. The molecule has 3 rings (SSSR count). The molecule has 1 aliphatic heterocycles. The summed E-state index contributed by atoms with van der Waals surface area (Å²) in [6.07, 6.45) is -3.96. The summed E-state index contributed by atoms with van der Waals surface area (Å²) in [5.74, 6) is 2.25. The molecule has 0 fully saturated rings. The number of hydrogen-bond acceptors (Lipinski definition) is 5. The van der Waals surface area contributed by atoms with Gasteiger partial charge in [-0.2, -0.15) is 0 Å². The number of nitrogens with zero attached hydrogens (tertiary/aromatic N) is 3. The van der Waals surface area contributed by atoms with Crippen LogP contribution in [0.15, 0.2) is 24.3 Å². The van der Waals surface area contributed by atoms with Gasteiger partial charge in [0.2, 0.25) is 0 Å². The number of alkyl halides is 3. The minimum atomic E-state index is -4.69. The predicted octanol–water partition coefficient (Wildman–Crippen LogP) is 4.49. The van der Waals surface area contributed by atoms with E-state index >= 15 is 0 Å². The second-order valence-electron chi connectivity index (χ2n) is 6.80. The summed E-state index contributed by atoms with van der Waals surface area (Å²) in [5, 5.41) is 3.21. The maximum atomic E-state index is 12.5. The molecule has 0 bridgehead atoms. The summed E-state index contributed by atoms with van der Waals surface area (Å²) in [6, 6.07) is 6.42. The molecule has 1 N–H and O–H groups in total. The molecule has 1 aliphatic rings. The molecule has 0 radical (unpaired) electrons. The third-order valence-corrected chi connectivity index (χ3v) is 4.35. The van der Waals surface area contributed by atoms with Crippen LogP contribution >= 0.6 is 0 Å². The van der Waals surface area contributed by atoms with Gasteiger partial charge in [0, 0.05) is 31.6 Å². The lowest BCUT2D eigenvalue weighted by atomic mass is 9.99. The number of halogens is 3. The van der Waals surface area contributed by atoms with Gasteiger partial charge in [0.05, 0.1) is 0 Å². The van der Waals surface area contributed by atoms with Gasteiger partial charge in [0.15, 0.2) is 0 Å². The summed E-state index contributed by atoms with van der Waals surface area (Å²) in [7, 11) is 0. The first kappa shape index (κ1) is 19.3. The van der Waals surface area contributed by atoms with Crippen LogP contribution in [-0.4, -0.2) is 29.4 Å². The Morgan fingerprint density at radius 1 is 1.19 bits per heavy atom. The van der Waals surface area contributed by atoms with Crippen molar-refractivity contribution in [2.75, 3.05) is 23.3 Å². The Kier molecular flexibility index (Phi) is 5.43. The van der Waals surface area contributed by atoms with Crippen molar-refractivity contribution >= 4 is 11.6 Å². The largest absolute Gasteiger partial charge is 0.573 e. The van der Waals surface area contributed by atoms with Crippen molar-refractivity contribution in [2.45, 2.75) is 46.0 Å². The SMILES string of the molecule is CCNc1cc(N2CCc3ccc(OC(F)(F)F)cc3C2)nc(C(C)C)n1. The fourth-order valence-electron chi connectivity index (χ4n) is 3.07. The molecule has 0 saturated heterocycles. The molecular formula is C19H23F3N4O. The fraction of sp³-hybridized carbons (Fsp3) is 0.474. The third kappa shape index (κ3) is 4.81. The number of anilines is 2. The molecule has 5 nitrogen and oxygen atoms in total. The van der Waals surface area contributed by atoms with E-state index in [0.29, 0.717) is 6.54 Å². The van der Waals surface area contributed by atoms with Crippen LogP contribution in [0, 0.1) is 0 Å².